The lowest BCUT2D eigenvalue weighted by molar-refractivity contribution is 0.0857. The van der Waals surface area contributed by atoms with Gasteiger partial charge in [-0.2, -0.15) is 14.6 Å². The Labute approximate surface area is 130 Å². The van der Waals surface area contributed by atoms with Crippen LogP contribution in [0.5, 0.6) is 0 Å². The molecule has 4 heterocycles. The minimum Gasteiger partial charge on any atom is -0.353 e. The monoisotopic (exact) mass is 301 g/mol. The topological polar surface area (TPSA) is 52.8 Å². The minimum absolute atomic E-state index is 0.672. The number of anilines is 1. The predicted octanol–water partition coefficient (Wildman–Crippen LogP) is 0.259. The highest BCUT2D eigenvalue weighted by Gasteiger charge is 2.34. The Bertz CT molecular complexity index is 653. The van der Waals surface area contributed by atoms with Crippen molar-refractivity contribution in [3.8, 4) is 0 Å². The van der Waals surface area contributed by atoms with Gasteiger partial charge < -0.3 is 9.80 Å². The maximum atomic E-state index is 4.41. The van der Waals surface area contributed by atoms with Crippen molar-refractivity contribution >= 4 is 11.6 Å². The fourth-order valence-electron chi connectivity index (χ4n) is 3.45. The first kappa shape index (κ1) is 13.9. The van der Waals surface area contributed by atoms with Gasteiger partial charge in [-0.05, 0) is 13.5 Å². The summed E-state index contributed by atoms with van der Waals surface area (Å²) in [4.78, 5) is 16.2. The Balaban J connectivity index is 1.43. The normalized spacial score (nSPS) is 21.5. The summed E-state index contributed by atoms with van der Waals surface area (Å²) in [6.07, 6.45) is 1.58. The maximum Gasteiger partial charge on any atom is 0.254 e. The molecule has 2 saturated heterocycles. The number of hydrogen-bond acceptors (Lipinski definition) is 6. The maximum absolute atomic E-state index is 4.41. The second-order valence-electron chi connectivity index (χ2n) is 6.26. The summed E-state index contributed by atoms with van der Waals surface area (Å²) in [5.41, 5.74) is 0.996. The van der Waals surface area contributed by atoms with E-state index in [1.807, 2.05) is 11.4 Å². The lowest BCUT2D eigenvalue weighted by atomic mass is 10.1. The van der Waals surface area contributed by atoms with Crippen LogP contribution in [0.3, 0.4) is 0 Å². The largest absolute Gasteiger partial charge is 0.353 e. The zero-order valence-electron chi connectivity index (χ0n) is 13.3. The average molecular weight is 301 g/mol. The van der Waals surface area contributed by atoms with Gasteiger partial charge in [0.05, 0.1) is 0 Å². The number of fused-ring (bicyclic) bond motifs is 1. The molecule has 0 atom stereocenters. The molecule has 2 fully saturated rings. The first-order valence-corrected chi connectivity index (χ1v) is 8.13. The molecule has 0 aliphatic carbocycles. The molecule has 0 saturated carbocycles. The van der Waals surface area contributed by atoms with E-state index < -0.39 is 0 Å². The van der Waals surface area contributed by atoms with E-state index in [-0.39, 0.29) is 0 Å². The molecule has 4 rings (SSSR count). The van der Waals surface area contributed by atoms with Gasteiger partial charge in [0.25, 0.3) is 5.78 Å². The van der Waals surface area contributed by atoms with E-state index in [0.29, 0.717) is 11.8 Å². The zero-order chi connectivity index (χ0) is 15.1. The molecule has 2 aromatic heterocycles. The number of hydrogen-bond donors (Lipinski definition) is 0. The van der Waals surface area contributed by atoms with E-state index in [1.54, 1.807) is 6.33 Å². The van der Waals surface area contributed by atoms with Crippen LogP contribution in [0.15, 0.2) is 12.4 Å². The molecule has 7 nitrogen and oxygen atoms in total. The highest BCUT2D eigenvalue weighted by atomic mass is 15.4. The number of aryl methyl sites for hydroxylation is 1. The molecule has 0 bridgehead atoms. The molecule has 118 valence electrons. The Morgan fingerprint density at radius 1 is 1.18 bits per heavy atom. The van der Waals surface area contributed by atoms with Crippen LogP contribution in [0.2, 0.25) is 0 Å². The molecule has 0 unspecified atom stereocenters. The third-order valence-corrected chi connectivity index (χ3v) is 4.92. The minimum atomic E-state index is 0.672. The van der Waals surface area contributed by atoms with Gasteiger partial charge in [0.2, 0.25) is 0 Å². The van der Waals surface area contributed by atoms with Gasteiger partial charge in [0.1, 0.15) is 12.1 Å². The number of nitrogens with zero attached hydrogens (tertiary/aromatic N) is 7. The molecule has 7 heteroatoms. The van der Waals surface area contributed by atoms with Crippen molar-refractivity contribution in [1.82, 2.24) is 29.4 Å². The number of likely N-dealkylation sites (N-methyl/N-ethyl adjacent to an activating group) is 1. The van der Waals surface area contributed by atoms with E-state index in [2.05, 4.69) is 42.8 Å². The summed E-state index contributed by atoms with van der Waals surface area (Å²) in [5, 5.41) is 4.30. The van der Waals surface area contributed by atoms with Crippen molar-refractivity contribution in [2.75, 3.05) is 50.7 Å². The quantitative estimate of drug-likeness (QED) is 0.810. The summed E-state index contributed by atoms with van der Waals surface area (Å²) in [5.74, 6) is 1.80. The summed E-state index contributed by atoms with van der Waals surface area (Å²) in [6.45, 7) is 12.4. The summed E-state index contributed by atoms with van der Waals surface area (Å²) in [6, 6.07) is 2.78. The van der Waals surface area contributed by atoms with Crippen molar-refractivity contribution < 1.29 is 0 Å². The Hall–Kier alpha value is -1.73. The molecule has 0 amide bonds. The van der Waals surface area contributed by atoms with E-state index in [1.165, 1.54) is 32.7 Å². The molecule has 0 N–H and O–H groups in total. The molecule has 0 radical (unpaired) electrons. The van der Waals surface area contributed by atoms with Gasteiger partial charge in [-0.1, -0.05) is 6.92 Å². The molecule has 2 aromatic rings. The van der Waals surface area contributed by atoms with Crippen molar-refractivity contribution in [1.29, 1.82) is 0 Å². The van der Waals surface area contributed by atoms with Gasteiger partial charge in [-0.15, -0.1) is 0 Å². The van der Waals surface area contributed by atoms with Crippen LogP contribution in [0, 0.1) is 6.92 Å². The fraction of sp³-hybridized carbons (Fsp3) is 0.667. The van der Waals surface area contributed by atoms with E-state index in [0.717, 1.165) is 24.6 Å². The lowest BCUT2D eigenvalue weighted by Gasteiger charge is -2.48. The smallest absolute Gasteiger partial charge is 0.254 e. The van der Waals surface area contributed by atoms with Crippen LogP contribution in [-0.2, 0) is 0 Å². The van der Waals surface area contributed by atoms with Gasteiger partial charge in [0, 0.05) is 57.1 Å². The second-order valence-corrected chi connectivity index (χ2v) is 6.26. The molecule has 2 aliphatic rings. The number of aromatic nitrogens is 4. The van der Waals surface area contributed by atoms with Gasteiger partial charge in [-0.3, -0.25) is 4.90 Å². The van der Waals surface area contributed by atoms with Crippen molar-refractivity contribution in [3.63, 3.8) is 0 Å². The Kier molecular flexibility index (Phi) is 3.46. The third-order valence-electron chi connectivity index (χ3n) is 4.92. The molecule has 0 aromatic carbocycles. The standard InChI is InChI=1S/C15H23N7/c1-3-19-4-6-20(7-5-19)13-9-21(10-13)14-8-12(2)18-15-16-11-17-22(14)15/h8,11,13H,3-7,9-10H2,1-2H3. The van der Waals surface area contributed by atoms with Gasteiger partial charge >= 0.3 is 0 Å². The van der Waals surface area contributed by atoms with E-state index in [4.69, 9.17) is 0 Å². The number of piperazine rings is 1. The highest BCUT2D eigenvalue weighted by molar-refractivity contribution is 5.49. The molecule has 22 heavy (non-hydrogen) atoms. The third kappa shape index (κ3) is 2.34. The first-order valence-electron chi connectivity index (χ1n) is 8.13. The van der Waals surface area contributed by atoms with Gasteiger partial charge in [-0.25, -0.2) is 4.98 Å². The van der Waals surface area contributed by atoms with Crippen LogP contribution in [-0.4, -0.2) is 81.2 Å². The Morgan fingerprint density at radius 2 is 1.95 bits per heavy atom. The summed E-state index contributed by atoms with van der Waals surface area (Å²) >= 11 is 0. The van der Waals surface area contributed by atoms with Crippen molar-refractivity contribution in [3.05, 3.63) is 18.1 Å². The van der Waals surface area contributed by atoms with Crippen LogP contribution in [0.4, 0.5) is 5.82 Å². The van der Waals surface area contributed by atoms with Crippen LogP contribution < -0.4 is 4.90 Å². The Morgan fingerprint density at radius 3 is 2.68 bits per heavy atom. The van der Waals surface area contributed by atoms with Crippen LogP contribution in [0.25, 0.3) is 5.78 Å². The zero-order valence-corrected chi connectivity index (χ0v) is 13.3. The summed E-state index contributed by atoms with van der Waals surface area (Å²) in [7, 11) is 0. The molecule has 0 spiro atoms. The predicted molar refractivity (Wildman–Crippen MR) is 85.2 cm³/mol. The van der Waals surface area contributed by atoms with Gasteiger partial charge in [0.15, 0.2) is 0 Å². The highest BCUT2D eigenvalue weighted by Crippen LogP contribution is 2.24. The van der Waals surface area contributed by atoms with E-state index in [9.17, 15) is 0 Å². The van der Waals surface area contributed by atoms with Crippen LogP contribution in [0.1, 0.15) is 12.6 Å². The van der Waals surface area contributed by atoms with Crippen molar-refractivity contribution in [2.45, 2.75) is 19.9 Å². The average Bonchev–Trinajstić information content (AvgIpc) is 2.94. The first-order chi connectivity index (χ1) is 10.7. The summed E-state index contributed by atoms with van der Waals surface area (Å²) < 4.78 is 1.85. The fourth-order valence-corrected chi connectivity index (χ4v) is 3.45. The number of rotatable bonds is 3. The molecular formula is C15H23N7. The lowest BCUT2D eigenvalue weighted by Crippen LogP contribution is -2.63. The second kappa shape index (κ2) is 5.48. The van der Waals surface area contributed by atoms with Crippen molar-refractivity contribution in [2.24, 2.45) is 0 Å². The van der Waals surface area contributed by atoms with E-state index >= 15 is 0 Å². The molecule has 2 aliphatic heterocycles. The van der Waals surface area contributed by atoms with Crippen LogP contribution >= 0.6 is 0 Å². The SMILES string of the molecule is CCN1CCN(C2CN(c3cc(C)nc4ncnn34)C2)CC1. The molecular weight excluding hydrogens is 278 g/mol.